The summed E-state index contributed by atoms with van der Waals surface area (Å²) < 4.78 is 1.90. The summed E-state index contributed by atoms with van der Waals surface area (Å²) in [6, 6.07) is 3.92. The molecule has 0 atom stereocenters. The predicted octanol–water partition coefficient (Wildman–Crippen LogP) is 1.54. The molecule has 7 nitrogen and oxygen atoms in total. The van der Waals surface area contributed by atoms with Crippen molar-refractivity contribution in [2.45, 2.75) is 18.8 Å². The lowest BCUT2D eigenvalue weighted by molar-refractivity contribution is 0.0710. The smallest absolute Gasteiger partial charge is 0.256 e. The van der Waals surface area contributed by atoms with E-state index >= 15 is 0 Å². The second-order valence-corrected chi connectivity index (χ2v) is 5.66. The second-order valence-electron chi connectivity index (χ2n) is 5.66. The number of rotatable bonds is 2. The van der Waals surface area contributed by atoms with Crippen LogP contribution in [0.4, 0.5) is 0 Å². The summed E-state index contributed by atoms with van der Waals surface area (Å²) in [6.07, 6.45) is 9.98. The third-order valence-corrected chi connectivity index (χ3v) is 4.33. The number of amides is 1. The Bertz CT molecular complexity index is 823. The van der Waals surface area contributed by atoms with Crippen LogP contribution in [0.2, 0.25) is 0 Å². The van der Waals surface area contributed by atoms with Gasteiger partial charge in [-0.2, -0.15) is 5.10 Å². The van der Waals surface area contributed by atoms with Crippen molar-refractivity contribution in [3.05, 3.63) is 54.5 Å². The predicted molar refractivity (Wildman–Crippen MR) is 82.9 cm³/mol. The number of aromatic nitrogens is 5. The van der Waals surface area contributed by atoms with Crippen LogP contribution in [0.1, 0.15) is 34.8 Å². The molecule has 0 unspecified atom stereocenters. The fraction of sp³-hybridized carbons (Fsp3) is 0.312. The molecule has 0 saturated carbocycles. The Balaban J connectivity index is 1.49. The summed E-state index contributed by atoms with van der Waals surface area (Å²) in [5.41, 5.74) is 2.57. The van der Waals surface area contributed by atoms with Gasteiger partial charge in [0.05, 0.1) is 11.8 Å². The van der Waals surface area contributed by atoms with Gasteiger partial charge in [0.25, 0.3) is 5.91 Å². The molecule has 0 radical (unpaired) electrons. The lowest BCUT2D eigenvalue weighted by Gasteiger charge is -2.32. The van der Waals surface area contributed by atoms with E-state index < -0.39 is 0 Å². The molecule has 0 bridgehead atoms. The van der Waals surface area contributed by atoms with Gasteiger partial charge in [0, 0.05) is 49.4 Å². The Morgan fingerprint density at radius 3 is 2.65 bits per heavy atom. The summed E-state index contributed by atoms with van der Waals surface area (Å²) in [4.78, 5) is 26.4. The van der Waals surface area contributed by atoms with E-state index in [1.54, 1.807) is 18.6 Å². The Morgan fingerprint density at radius 1 is 1.09 bits per heavy atom. The van der Waals surface area contributed by atoms with Crippen molar-refractivity contribution in [3.8, 4) is 0 Å². The van der Waals surface area contributed by atoms with E-state index in [-0.39, 0.29) is 5.91 Å². The number of nitrogens with zero attached hydrogens (tertiary/aromatic N) is 6. The van der Waals surface area contributed by atoms with E-state index in [1.165, 1.54) is 6.33 Å². The average molecular weight is 308 g/mol. The number of carbonyl (C=O) groups excluding carboxylic acids is 1. The maximum Gasteiger partial charge on any atom is 0.256 e. The molecule has 3 aromatic heterocycles. The van der Waals surface area contributed by atoms with E-state index in [9.17, 15) is 4.79 Å². The summed E-state index contributed by atoms with van der Waals surface area (Å²) in [5, 5.41) is 4.35. The zero-order chi connectivity index (χ0) is 15.6. The topological polar surface area (TPSA) is 76.3 Å². The Morgan fingerprint density at radius 2 is 1.87 bits per heavy atom. The molecule has 0 spiro atoms. The van der Waals surface area contributed by atoms with E-state index in [4.69, 9.17) is 0 Å². The highest BCUT2D eigenvalue weighted by Gasteiger charge is 2.26. The summed E-state index contributed by atoms with van der Waals surface area (Å²) in [5.74, 6) is 0.388. The summed E-state index contributed by atoms with van der Waals surface area (Å²) in [6.45, 7) is 1.45. The van der Waals surface area contributed by atoms with Gasteiger partial charge in [0.2, 0.25) is 0 Å². The fourth-order valence-electron chi connectivity index (χ4n) is 3.13. The van der Waals surface area contributed by atoms with Gasteiger partial charge in [-0.3, -0.25) is 4.79 Å². The number of piperidine rings is 1. The highest BCUT2D eigenvalue weighted by molar-refractivity contribution is 5.93. The Labute approximate surface area is 133 Å². The fourth-order valence-corrected chi connectivity index (χ4v) is 3.13. The van der Waals surface area contributed by atoms with E-state index in [0.29, 0.717) is 11.5 Å². The maximum atomic E-state index is 12.4. The van der Waals surface area contributed by atoms with Crippen LogP contribution in [0.3, 0.4) is 0 Å². The standard InChI is InChI=1S/C16H16N6O/c23-16(13-9-17-11-18-10-13)21-7-3-12(4-8-21)14-1-5-19-15-2-6-20-22(14)15/h1-2,5-6,9-12H,3-4,7-8H2. The van der Waals surface area contributed by atoms with Crippen LogP contribution in [0.25, 0.3) is 5.65 Å². The largest absolute Gasteiger partial charge is 0.339 e. The molecule has 1 aliphatic heterocycles. The maximum absolute atomic E-state index is 12.4. The van der Waals surface area contributed by atoms with Gasteiger partial charge in [-0.1, -0.05) is 0 Å². The lowest BCUT2D eigenvalue weighted by Crippen LogP contribution is -2.38. The molecule has 7 heteroatoms. The molecule has 3 aromatic rings. The highest BCUT2D eigenvalue weighted by atomic mass is 16.2. The Kier molecular flexibility index (Phi) is 3.45. The van der Waals surface area contributed by atoms with Gasteiger partial charge in [-0.05, 0) is 18.9 Å². The first-order chi connectivity index (χ1) is 11.3. The van der Waals surface area contributed by atoms with E-state index in [1.807, 2.05) is 27.7 Å². The van der Waals surface area contributed by atoms with Crippen molar-refractivity contribution in [2.24, 2.45) is 0 Å². The molecule has 0 aromatic carbocycles. The zero-order valence-corrected chi connectivity index (χ0v) is 12.5. The van der Waals surface area contributed by atoms with E-state index in [0.717, 1.165) is 37.3 Å². The second kappa shape index (κ2) is 5.75. The minimum absolute atomic E-state index is 0.00279. The summed E-state index contributed by atoms with van der Waals surface area (Å²) in [7, 11) is 0. The molecule has 0 aliphatic carbocycles. The average Bonchev–Trinajstić information content (AvgIpc) is 3.11. The number of hydrogen-bond acceptors (Lipinski definition) is 5. The first kappa shape index (κ1) is 13.8. The van der Waals surface area contributed by atoms with Crippen LogP contribution >= 0.6 is 0 Å². The summed E-state index contributed by atoms with van der Waals surface area (Å²) >= 11 is 0. The molecule has 4 heterocycles. The van der Waals surface area contributed by atoms with Crippen LogP contribution in [0, 0.1) is 0 Å². The van der Waals surface area contributed by atoms with Crippen LogP contribution in [-0.2, 0) is 0 Å². The van der Waals surface area contributed by atoms with Gasteiger partial charge < -0.3 is 4.90 Å². The lowest BCUT2D eigenvalue weighted by atomic mass is 9.93. The SMILES string of the molecule is O=C(c1cncnc1)N1CCC(c2ccnc3ccnn23)CC1. The molecule has 23 heavy (non-hydrogen) atoms. The molecule has 0 N–H and O–H groups in total. The Hall–Kier alpha value is -2.83. The highest BCUT2D eigenvalue weighted by Crippen LogP contribution is 2.28. The van der Waals surface area contributed by atoms with Gasteiger partial charge in [-0.15, -0.1) is 0 Å². The van der Waals surface area contributed by atoms with Crippen LogP contribution in [-0.4, -0.2) is 48.5 Å². The van der Waals surface area contributed by atoms with Crippen molar-refractivity contribution in [2.75, 3.05) is 13.1 Å². The van der Waals surface area contributed by atoms with Gasteiger partial charge in [0.15, 0.2) is 5.65 Å². The van der Waals surface area contributed by atoms with Gasteiger partial charge in [0.1, 0.15) is 6.33 Å². The van der Waals surface area contributed by atoms with Crippen LogP contribution in [0.5, 0.6) is 0 Å². The number of fused-ring (bicyclic) bond motifs is 1. The molecule has 116 valence electrons. The van der Waals surface area contributed by atoms with Crippen molar-refractivity contribution < 1.29 is 4.79 Å². The molecule has 4 rings (SSSR count). The first-order valence-corrected chi connectivity index (χ1v) is 7.66. The zero-order valence-electron chi connectivity index (χ0n) is 12.5. The first-order valence-electron chi connectivity index (χ1n) is 7.66. The minimum Gasteiger partial charge on any atom is -0.339 e. The minimum atomic E-state index is 0.00279. The molecular formula is C16H16N6O. The third-order valence-electron chi connectivity index (χ3n) is 4.33. The molecule has 1 fully saturated rings. The normalized spacial score (nSPS) is 15.9. The number of carbonyl (C=O) groups is 1. The monoisotopic (exact) mass is 308 g/mol. The number of hydrogen-bond donors (Lipinski definition) is 0. The molecule has 1 amide bonds. The quantitative estimate of drug-likeness (QED) is 0.718. The van der Waals surface area contributed by atoms with Crippen molar-refractivity contribution in [1.82, 2.24) is 29.5 Å². The van der Waals surface area contributed by atoms with Crippen LogP contribution < -0.4 is 0 Å². The molecule has 1 saturated heterocycles. The van der Waals surface area contributed by atoms with Crippen molar-refractivity contribution in [1.29, 1.82) is 0 Å². The third kappa shape index (κ3) is 2.54. The number of likely N-dealkylation sites (tertiary alicyclic amines) is 1. The van der Waals surface area contributed by atoms with Crippen LogP contribution in [0.15, 0.2) is 43.2 Å². The molecule has 1 aliphatic rings. The van der Waals surface area contributed by atoms with Crippen molar-refractivity contribution >= 4 is 11.6 Å². The molecular weight excluding hydrogens is 292 g/mol. The van der Waals surface area contributed by atoms with Gasteiger partial charge >= 0.3 is 0 Å². The van der Waals surface area contributed by atoms with Crippen molar-refractivity contribution in [3.63, 3.8) is 0 Å². The van der Waals surface area contributed by atoms with Gasteiger partial charge in [-0.25, -0.2) is 19.5 Å². The van der Waals surface area contributed by atoms with E-state index in [2.05, 4.69) is 20.1 Å².